The van der Waals surface area contributed by atoms with Gasteiger partial charge in [0.1, 0.15) is 0 Å². The van der Waals surface area contributed by atoms with Crippen molar-refractivity contribution in [2.45, 2.75) is 39.7 Å². The van der Waals surface area contributed by atoms with Crippen molar-refractivity contribution in [3.8, 4) is 0 Å². The van der Waals surface area contributed by atoms with Crippen LogP contribution < -0.4 is 11.5 Å². The van der Waals surface area contributed by atoms with Crippen molar-refractivity contribution in [1.29, 1.82) is 0 Å². The molecule has 74 valence electrons. The Kier molecular flexibility index (Phi) is 6.39. The van der Waals surface area contributed by atoms with E-state index in [0.29, 0.717) is 6.42 Å². The Hall–Kier alpha value is -0.280. The number of rotatable bonds is 4. The Morgan fingerprint density at radius 1 is 1.50 bits per heavy atom. The highest BCUT2D eigenvalue weighted by Crippen LogP contribution is 2.21. The molecule has 0 spiro atoms. The van der Waals surface area contributed by atoms with Crippen molar-refractivity contribution in [2.24, 2.45) is 16.9 Å². The zero-order valence-electron chi connectivity index (χ0n) is 7.96. The fourth-order valence-electron chi connectivity index (χ4n) is 0.900. The van der Waals surface area contributed by atoms with Gasteiger partial charge < -0.3 is 11.5 Å². The molecular formula is C8H19ClN2O. The van der Waals surface area contributed by atoms with Crippen LogP contribution in [-0.2, 0) is 4.79 Å². The van der Waals surface area contributed by atoms with Crippen molar-refractivity contribution < 1.29 is 4.79 Å². The molecule has 0 fully saturated rings. The molecule has 0 aliphatic rings. The second-order valence-corrected chi connectivity index (χ2v) is 3.62. The first-order valence-corrected chi connectivity index (χ1v) is 3.95. The normalized spacial score (nSPS) is 13.3. The maximum atomic E-state index is 10.8. The third-order valence-corrected chi connectivity index (χ3v) is 1.96. The van der Waals surface area contributed by atoms with Gasteiger partial charge in [0.2, 0.25) is 5.91 Å². The third-order valence-electron chi connectivity index (χ3n) is 1.96. The van der Waals surface area contributed by atoms with Gasteiger partial charge in [-0.15, -0.1) is 12.4 Å². The van der Waals surface area contributed by atoms with Crippen LogP contribution in [0.15, 0.2) is 0 Å². The van der Waals surface area contributed by atoms with Crippen LogP contribution in [0.4, 0.5) is 0 Å². The van der Waals surface area contributed by atoms with Crippen molar-refractivity contribution >= 4 is 18.3 Å². The largest absolute Gasteiger partial charge is 0.369 e. The van der Waals surface area contributed by atoms with E-state index in [2.05, 4.69) is 0 Å². The molecule has 1 amide bonds. The summed E-state index contributed by atoms with van der Waals surface area (Å²) < 4.78 is 0. The van der Waals surface area contributed by atoms with Gasteiger partial charge in [-0.2, -0.15) is 0 Å². The quantitative estimate of drug-likeness (QED) is 0.703. The predicted octanol–water partition coefficient (Wildman–Crippen LogP) is 1.05. The Morgan fingerprint density at radius 2 is 1.92 bits per heavy atom. The minimum absolute atomic E-state index is 0. The number of primary amides is 1. The maximum Gasteiger partial charge on any atom is 0.223 e. The SMILES string of the molecule is CCC(N)CC(C)(C)C(N)=O.Cl. The van der Waals surface area contributed by atoms with Crippen LogP contribution in [0.2, 0.25) is 0 Å². The molecule has 3 nitrogen and oxygen atoms in total. The summed E-state index contributed by atoms with van der Waals surface area (Å²) >= 11 is 0. The molecule has 0 heterocycles. The van der Waals surface area contributed by atoms with Crippen molar-refractivity contribution in [3.63, 3.8) is 0 Å². The third kappa shape index (κ3) is 4.57. The summed E-state index contributed by atoms with van der Waals surface area (Å²) in [6, 6.07) is 0.0810. The first-order chi connectivity index (χ1) is 4.90. The molecule has 0 bridgehead atoms. The summed E-state index contributed by atoms with van der Waals surface area (Å²) in [5, 5.41) is 0. The second-order valence-electron chi connectivity index (χ2n) is 3.62. The summed E-state index contributed by atoms with van der Waals surface area (Å²) in [5.74, 6) is -0.276. The maximum absolute atomic E-state index is 10.8. The smallest absolute Gasteiger partial charge is 0.223 e. The second kappa shape index (κ2) is 5.38. The minimum Gasteiger partial charge on any atom is -0.369 e. The molecule has 1 unspecified atom stereocenters. The van der Waals surface area contributed by atoms with Gasteiger partial charge >= 0.3 is 0 Å². The minimum atomic E-state index is -0.463. The molecule has 0 aliphatic heterocycles. The molecule has 0 aliphatic carbocycles. The molecule has 12 heavy (non-hydrogen) atoms. The van der Waals surface area contributed by atoms with E-state index < -0.39 is 5.41 Å². The van der Waals surface area contributed by atoms with E-state index in [1.54, 1.807) is 0 Å². The van der Waals surface area contributed by atoms with E-state index in [4.69, 9.17) is 11.5 Å². The number of nitrogens with two attached hydrogens (primary N) is 2. The zero-order valence-corrected chi connectivity index (χ0v) is 8.78. The van der Waals surface area contributed by atoms with Crippen LogP contribution in [0.25, 0.3) is 0 Å². The Balaban J connectivity index is 0. The van der Waals surface area contributed by atoms with Crippen LogP contribution in [0.1, 0.15) is 33.6 Å². The highest BCUT2D eigenvalue weighted by atomic mass is 35.5. The lowest BCUT2D eigenvalue weighted by atomic mass is 9.84. The number of halogens is 1. The Bertz CT molecular complexity index is 148. The lowest BCUT2D eigenvalue weighted by Crippen LogP contribution is -2.37. The Labute approximate surface area is 80.3 Å². The van der Waals surface area contributed by atoms with Crippen LogP contribution >= 0.6 is 12.4 Å². The van der Waals surface area contributed by atoms with Crippen molar-refractivity contribution in [3.05, 3.63) is 0 Å². The van der Waals surface area contributed by atoms with Gasteiger partial charge in [0.15, 0.2) is 0 Å². The molecule has 0 saturated carbocycles. The van der Waals surface area contributed by atoms with E-state index in [1.165, 1.54) is 0 Å². The van der Waals surface area contributed by atoms with Gasteiger partial charge in [-0.05, 0) is 12.8 Å². The molecule has 0 radical (unpaired) electrons. The number of carbonyl (C=O) groups excluding carboxylic acids is 1. The topological polar surface area (TPSA) is 69.1 Å². The van der Waals surface area contributed by atoms with Gasteiger partial charge in [-0.25, -0.2) is 0 Å². The summed E-state index contributed by atoms with van der Waals surface area (Å²) in [6.07, 6.45) is 1.55. The van der Waals surface area contributed by atoms with E-state index in [0.717, 1.165) is 6.42 Å². The fourth-order valence-corrected chi connectivity index (χ4v) is 0.900. The number of hydrogen-bond donors (Lipinski definition) is 2. The summed E-state index contributed by atoms with van der Waals surface area (Å²) in [5.41, 5.74) is 10.4. The molecule has 0 saturated heterocycles. The van der Waals surface area contributed by atoms with Crippen molar-refractivity contribution in [1.82, 2.24) is 0 Å². The van der Waals surface area contributed by atoms with Crippen molar-refractivity contribution in [2.75, 3.05) is 0 Å². The first-order valence-electron chi connectivity index (χ1n) is 3.95. The molecule has 0 aromatic carbocycles. The van der Waals surface area contributed by atoms with E-state index in [1.807, 2.05) is 20.8 Å². The van der Waals surface area contributed by atoms with Crippen LogP contribution in [-0.4, -0.2) is 11.9 Å². The number of hydrogen-bond acceptors (Lipinski definition) is 2. The lowest BCUT2D eigenvalue weighted by molar-refractivity contribution is -0.126. The molecule has 0 rings (SSSR count). The predicted molar refractivity (Wildman–Crippen MR) is 53.1 cm³/mol. The van der Waals surface area contributed by atoms with Gasteiger partial charge in [-0.1, -0.05) is 20.8 Å². The highest BCUT2D eigenvalue weighted by Gasteiger charge is 2.26. The average molecular weight is 195 g/mol. The zero-order chi connectivity index (χ0) is 9.07. The Morgan fingerprint density at radius 3 is 2.17 bits per heavy atom. The fraction of sp³-hybridized carbons (Fsp3) is 0.875. The monoisotopic (exact) mass is 194 g/mol. The summed E-state index contributed by atoms with van der Waals surface area (Å²) in [6.45, 7) is 5.65. The van der Waals surface area contributed by atoms with Gasteiger partial charge in [0.05, 0.1) is 0 Å². The molecule has 4 N–H and O–H groups in total. The number of amides is 1. The average Bonchev–Trinajstić information content (AvgIpc) is 1.86. The summed E-state index contributed by atoms with van der Waals surface area (Å²) in [7, 11) is 0. The first kappa shape index (κ1) is 14.3. The van der Waals surface area contributed by atoms with Gasteiger partial charge in [0, 0.05) is 11.5 Å². The molecule has 4 heteroatoms. The molecular weight excluding hydrogens is 176 g/mol. The van der Waals surface area contributed by atoms with Gasteiger partial charge in [-0.3, -0.25) is 4.79 Å². The van der Waals surface area contributed by atoms with Crippen LogP contribution in [0, 0.1) is 5.41 Å². The van der Waals surface area contributed by atoms with E-state index >= 15 is 0 Å². The van der Waals surface area contributed by atoms with Gasteiger partial charge in [0.25, 0.3) is 0 Å². The van der Waals surface area contributed by atoms with E-state index in [-0.39, 0.29) is 24.4 Å². The lowest BCUT2D eigenvalue weighted by Gasteiger charge is -2.23. The van der Waals surface area contributed by atoms with Crippen LogP contribution in [0.5, 0.6) is 0 Å². The van der Waals surface area contributed by atoms with E-state index in [9.17, 15) is 4.79 Å². The summed E-state index contributed by atoms with van der Waals surface area (Å²) in [4.78, 5) is 10.8. The number of carbonyl (C=O) groups is 1. The molecule has 0 aromatic heterocycles. The molecule has 0 aromatic rings. The molecule has 1 atom stereocenters. The van der Waals surface area contributed by atoms with Crippen LogP contribution in [0.3, 0.4) is 0 Å². The highest BCUT2D eigenvalue weighted by molar-refractivity contribution is 5.85. The standard InChI is InChI=1S/C8H18N2O.ClH/c1-4-6(9)5-8(2,3)7(10)11;/h6H,4-5,9H2,1-3H3,(H2,10,11);1H.